The van der Waals surface area contributed by atoms with Gasteiger partial charge < -0.3 is 19.5 Å². The predicted molar refractivity (Wildman–Crippen MR) is 74.9 cm³/mol. The number of hydrogen-bond acceptors (Lipinski definition) is 4. The van der Waals surface area contributed by atoms with E-state index in [1.54, 1.807) is 24.2 Å². The molecule has 1 aliphatic rings. The van der Waals surface area contributed by atoms with E-state index in [0.717, 1.165) is 0 Å². The second-order valence-corrected chi connectivity index (χ2v) is 5.70. The Bertz CT molecular complexity index is 492. The van der Waals surface area contributed by atoms with Gasteiger partial charge in [-0.3, -0.25) is 0 Å². The maximum Gasteiger partial charge on any atom is 0.487 e. The Balaban J connectivity index is 2.15. The van der Waals surface area contributed by atoms with Crippen molar-refractivity contribution in [2.75, 3.05) is 0 Å². The predicted octanol–water partition coefficient (Wildman–Crippen LogP) is 2.74. The first-order chi connectivity index (χ1) is 8.73. The SMILES string of the molecule is CC1(C)OB(/C=C/c2cccc(O)c2O)OC1(C)C. The summed E-state index contributed by atoms with van der Waals surface area (Å²) in [4.78, 5) is 0. The van der Waals surface area contributed by atoms with Crippen molar-refractivity contribution in [2.45, 2.75) is 38.9 Å². The van der Waals surface area contributed by atoms with E-state index in [2.05, 4.69) is 0 Å². The maximum absolute atomic E-state index is 9.69. The number of benzene rings is 1. The van der Waals surface area contributed by atoms with Crippen LogP contribution in [-0.2, 0) is 9.31 Å². The van der Waals surface area contributed by atoms with Crippen LogP contribution in [0.1, 0.15) is 33.3 Å². The third-order valence-corrected chi connectivity index (χ3v) is 3.75. The maximum atomic E-state index is 9.69. The molecular weight excluding hydrogens is 243 g/mol. The van der Waals surface area contributed by atoms with Crippen LogP contribution in [0.3, 0.4) is 0 Å². The fourth-order valence-corrected chi connectivity index (χ4v) is 1.83. The molecule has 1 fully saturated rings. The van der Waals surface area contributed by atoms with Gasteiger partial charge in [0.25, 0.3) is 0 Å². The molecule has 0 spiro atoms. The van der Waals surface area contributed by atoms with E-state index in [1.165, 1.54) is 6.07 Å². The van der Waals surface area contributed by atoms with Crippen LogP contribution in [0.4, 0.5) is 0 Å². The van der Waals surface area contributed by atoms with Crippen LogP contribution in [0.15, 0.2) is 24.2 Å². The van der Waals surface area contributed by atoms with Gasteiger partial charge in [-0.1, -0.05) is 24.2 Å². The standard InChI is InChI=1S/C14H19BO4/c1-13(2)14(3,4)19-15(18-13)9-8-10-6-5-7-11(16)12(10)17/h5-9,16-17H,1-4H3/b9-8+. The Hall–Kier alpha value is -1.46. The van der Waals surface area contributed by atoms with Crippen molar-refractivity contribution in [3.63, 3.8) is 0 Å². The number of rotatable bonds is 2. The minimum Gasteiger partial charge on any atom is -0.504 e. The molecule has 0 saturated carbocycles. The Labute approximate surface area is 113 Å². The molecule has 102 valence electrons. The normalized spacial score (nSPS) is 21.2. The number of aromatic hydroxyl groups is 2. The molecule has 5 heteroatoms. The van der Waals surface area contributed by atoms with Crippen molar-refractivity contribution in [1.29, 1.82) is 0 Å². The largest absolute Gasteiger partial charge is 0.504 e. The molecular formula is C14H19BO4. The molecule has 1 heterocycles. The van der Waals surface area contributed by atoms with Crippen LogP contribution in [0.25, 0.3) is 6.08 Å². The first-order valence-corrected chi connectivity index (χ1v) is 6.28. The minimum atomic E-state index is -0.466. The lowest BCUT2D eigenvalue weighted by Gasteiger charge is -2.32. The van der Waals surface area contributed by atoms with Crippen LogP contribution in [0.5, 0.6) is 11.5 Å². The Morgan fingerprint density at radius 3 is 2.21 bits per heavy atom. The fourth-order valence-electron chi connectivity index (χ4n) is 1.83. The van der Waals surface area contributed by atoms with Gasteiger partial charge in [0.15, 0.2) is 11.5 Å². The molecule has 4 nitrogen and oxygen atoms in total. The highest BCUT2D eigenvalue weighted by Gasteiger charge is 2.49. The van der Waals surface area contributed by atoms with E-state index < -0.39 is 7.12 Å². The van der Waals surface area contributed by atoms with E-state index in [4.69, 9.17) is 9.31 Å². The van der Waals surface area contributed by atoms with Crippen molar-refractivity contribution in [3.8, 4) is 11.5 Å². The van der Waals surface area contributed by atoms with Gasteiger partial charge in [-0.2, -0.15) is 0 Å². The molecule has 0 aromatic heterocycles. The van der Waals surface area contributed by atoms with Gasteiger partial charge in [0.2, 0.25) is 0 Å². The van der Waals surface area contributed by atoms with Gasteiger partial charge in [0.1, 0.15) is 0 Å². The Kier molecular flexibility index (Phi) is 3.37. The first kappa shape index (κ1) is 14.0. The van der Waals surface area contributed by atoms with Gasteiger partial charge in [0.05, 0.1) is 11.2 Å². The zero-order chi connectivity index (χ0) is 14.3. The highest BCUT2D eigenvalue weighted by atomic mass is 16.7. The van der Waals surface area contributed by atoms with Gasteiger partial charge >= 0.3 is 7.12 Å². The second-order valence-electron chi connectivity index (χ2n) is 5.70. The van der Waals surface area contributed by atoms with E-state index in [-0.39, 0.29) is 22.7 Å². The molecule has 1 aromatic carbocycles. The van der Waals surface area contributed by atoms with Crippen LogP contribution >= 0.6 is 0 Å². The molecule has 2 N–H and O–H groups in total. The molecule has 0 bridgehead atoms. The number of para-hydroxylation sites is 1. The molecule has 2 rings (SSSR count). The molecule has 0 atom stereocenters. The van der Waals surface area contributed by atoms with Crippen molar-refractivity contribution < 1.29 is 19.5 Å². The van der Waals surface area contributed by atoms with Gasteiger partial charge in [-0.05, 0) is 33.8 Å². The summed E-state index contributed by atoms with van der Waals surface area (Å²) in [5, 5.41) is 19.1. The lowest BCUT2D eigenvalue weighted by Crippen LogP contribution is -2.41. The lowest BCUT2D eigenvalue weighted by atomic mass is 9.89. The summed E-state index contributed by atoms with van der Waals surface area (Å²) in [7, 11) is -0.466. The summed E-state index contributed by atoms with van der Waals surface area (Å²) in [6.45, 7) is 7.92. The third kappa shape index (κ3) is 2.62. The number of hydrogen-bond donors (Lipinski definition) is 2. The Morgan fingerprint density at radius 2 is 1.63 bits per heavy atom. The molecule has 0 aliphatic carbocycles. The van der Waals surface area contributed by atoms with E-state index in [1.807, 2.05) is 27.7 Å². The zero-order valence-electron chi connectivity index (χ0n) is 11.7. The lowest BCUT2D eigenvalue weighted by molar-refractivity contribution is 0.00578. The molecule has 19 heavy (non-hydrogen) atoms. The number of phenolic OH excluding ortho intramolecular Hbond substituents is 2. The van der Waals surface area contributed by atoms with Crippen molar-refractivity contribution in [3.05, 3.63) is 29.7 Å². The summed E-state index contributed by atoms with van der Waals surface area (Å²) in [5.74, 6) is 1.44. The summed E-state index contributed by atoms with van der Waals surface area (Å²) >= 11 is 0. The molecule has 0 radical (unpaired) electrons. The average molecular weight is 262 g/mol. The smallest absolute Gasteiger partial charge is 0.487 e. The van der Waals surface area contributed by atoms with Crippen LogP contribution in [0, 0.1) is 0 Å². The van der Waals surface area contributed by atoms with Gasteiger partial charge in [0, 0.05) is 5.56 Å². The highest BCUT2D eigenvalue weighted by Crippen LogP contribution is 2.37. The van der Waals surface area contributed by atoms with Crippen molar-refractivity contribution in [2.24, 2.45) is 0 Å². The second kappa shape index (κ2) is 4.58. The molecule has 1 aliphatic heterocycles. The summed E-state index contributed by atoms with van der Waals surface area (Å²) in [5.41, 5.74) is -0.249. The minimum absolute atomic E-state index is 0.143. The quantitative estimate of drug-likeness (QED) is 0.635. The number of phenols is 2. The van der Waals surface area contributed by atoms with Crippen LogP contribution in [-0.4, -0.2) is 28.5 Å². The van der Waals surface area contributed by atoms with E-state index in [0.29, 0.717) is 5.56 Å². The van der Waals surface area contributed by atoms with E-state index >= 15 is 0 Å². The van der Waals surface area contributed by atoms with E-state index in [9.17, 15) is 10.2 Å². The van der Waals surface area contributed by atoms with Gasteiger partial charge in [-0.25, -0.2) is 0 Å². The fraction of sp³-hybridized carbons (Fsp3) is 0.429. The summed E-state index contributed by atoms with van der Waals surface area (Å²) in [6, 6.07) is 4.80. The molecule has 1 aromatic rings. The van der Waals surface area contributed by atoms with Crippen molar-refractivity contribution >= 4 is 13.2 Å². The molecule has 0 amide bonds. The third-order valence-electron chi connectivity index (χ3n) is 3.75. The Morgan fingerprint density at radius 1 is 1.05 bits per heavy atom. The monoisotopic (exact) mass is 262 g/mol. The van der Waals surface area contributed by atoms with Gasteiger partial charge in [-0.15, -0.1) is 0 Å². The first-order valence-electron chi connectivity index (χ1n) is 6.28. The van der Waals surface area contributed by atoms with Crippen molar-refractivity contribution in [1.82, 2.24) is 0 Å². The highest BCUT2D eigenvalue weighted by molar-refractivity contribution is 6.52. The molecule has 0 unspecified atom stereocenters. The summed E-state index contributed by atoms with van der Waals surface area (Å²) < 4.78 is 11.6. The molecule has 1 saturated heterocycles. The topological polar surface area (TPSA) is 58.9 Å². The average Bonchev–Trinajstić information content (AvgIpc) is 2.50. The summed E-state index contributed by atoms with van der Waals surface area (Å²) in [6.07, 6.45) is 1.68. The van der Waals surface area contributed by atoms with Crippen LogP contribution in [0.2, 0.25) is 0 Å². The zero-order valence-corrected chi connectivity index (χ0v) is 11.7. The van der Waals surface area contributed by atoms with Crippen LogP contribution < -0.4 is 0 Å².